The molecule has 1 saturated heterocycles. The molecule has 0 saturated carbocycles. The minimum Gasteiger partial charge on any atom is -0.444 e. The van der Waals surface area contributed by atoms with Crippen LogP contribution < -0.4 is 14.8 Å². The Morgan fingerprint density at radius 3 is 2.67 bits per heavy atom. The number of halogens is 1. The maximum atomic E-state index is 15.0. The summed E-state index contributed by atoms with van der Waals surface area (Å²) in [5.74, 6) is 0.158. The number of carbonyl (C=O) groups is 1. The van der Waals surface area contributed by atoms with Crippen LogP contribution in [0, 0.1) is 12.7 Å². The van der Waals surface area contributed by atoms with E-state index >= 15 is 4.39 Å². The number of fused-ring (bicyclic) bond motifs is 1. The first-order valence-corrected chi connectivity index (χ1v) is 17.5. The average molecular weight is 677 g/mol. The number of nitrogens with zero attached hydrogens (tertiary/aromatic N) is 4. The summed E-state index contributed by atoms with van der Waals surface area (Å²) in [6, 6.07) is 9.67. The highest BCUT2D eigenvalue weighted by Gasteiger charge is 2.28. The minimum absolute atomic E-state index is 0.0856. The van der Waals surface area contributed by atoms with Crippen LogP contribution in [0.15, 0.2) is 55.4 Å². The van der Waals surface area contributed by atoms with Crippen molar-refractivity contribution >= 4 is 44.6 Å². The molecule has 2 aromatic carbocycles. The second kappa shape index (κ2) is 14.1. The molecular formula is C35H41FN6O5S. The zero-order valence-corrected chi connectivity index (χ0v) is 28.7. The van der Waals surface area contributed by atoms with Gasteiger partial charge in [-0.1, -0.05) is 31.7 Å². The summed E-state index contributed by atoms with van der Waals surface area (Å²) in [7, 11) is -3.76. The van der Waals surface area contributed by atoms with Gasteiger partial charge < -0.3 is 19.7 Å². The molecule has 1 aliphatic rings. The second-order valence-electron chi connectivity index (χ2n) is 12.8. The Labute approximate surface area is 280 Å². The van der Waals surface area contributed by atoms with E-state index in [0.717, 1.165) is 24.0 Å². The van der Waals surface area contributed by atoms with Crippen LogP contribution in [0.4, 0.5) is 20.8 Å². The monoisotopic (exact) mass is 676 g/mol. The number of piperidine rings is 1. The summed E-state index contributed by atoms with van der Waals surface area (Å²) >= 11 is 0. The number of pyridine rings is 1. The van der Waals surface area contributed by atoms with Gasteiger partial charge in [0.25, 0.3) is 0 Å². The topological polar surface area (TPSA) is 136 Å². The van der Waals surface area contributed by atoms with Crippen LogP contribution in [0.5, 0.6) is 11.6 Å². The molecule has 1 aliphatic heterocycles. The van der Waals surface area contributed by atoms with Crippen molar-refractivity contribution in [1.29, 1.82) is 0 Å². The Kier molecular flexibility index (Phi) is 10.2. The molecule has 3 heterocycles. The molecule has 5 rings (SSSR count). The number of ether oxygens (including phenoxy) is 2. The van der Waals surface area contributed by atoms with Gasteiger partial charge >= 0.3 is 6.09 Å². The van der Waals surface area contributed by atoms with Gasteiger partial charge in [-0.3, -0.25) is 4.72 Å². The van der Waals surface area contributed by atoms with Crippen molar-refractivity contribution in [1.82, 2.24) is 19.9 Å². The van der Waals surface area contributed by atoms with E-state index in [2.05, 4.69) is 26.6 Å². The molecule has 0 spiro atoms. The van der Waals surface area contributed by atoms with Gasteiger partial charge in [0.15, 0.2) is 0 Å². The molecule has 2 aromatic heterocycles. The first-order chi connectivity index (χ1) is 22.8. The first-order valence-electron chi connectivity index (χ1n) is 15.9. The Morgan fingerprint density at radius 1 is 1.17 bits per heavy atom. The van der Waals surface area contributed by atoms with Gasteiger partial charge in [-0.25, -0.2) is 32.6 Å². The van der Waals surface area contributed by atoms with Gasteiger partial charge in [0.05, 0.1) is 22.7 Å². The van der Waals surface area contributed by atoms with E-state index in [4.69, 9.17) is 14.5 Å². The Hall–Kier alpha value is -4.78. The predicted molar refractivity (Wildman–Crippen MR) is 186 cm³/mol. The van der Waals surface area contributed by atoms with Crippen molar-refractivity contribution in [2.75, 3.05) is 28.9 Å². The lowest BCUT2D eigenvalue weighted by atomic mass is 10.0. The standard InChI is InChI=1S/C35H41FN6O5S/c1-7-18-48(44,45)41-30-25-12-11-22(3)31(26(25)13-14-28(30)36)46-32-27(19-23(8-2)20-38-32)29-15-16-37-33(40-29)39-24-10-9-17-42(21-24)34(43)47-35(4,5)6/h8,11-16,19-20,24,41H,2,7,9-10,17-18,21H2,1,3-6H3,(H,37,39,40)/t24-/m0/s1. The third kappa shape index (κ3) is 8.19. The van der Waals surface area contributed by atoms with Crippen molar-refractivity contribution in [2.24, 2.45) is 0 Å². The molecule has 2 N–H and O–H groups in total. The normalized spacial score (nSPS) is 15.2. The lowest BCUT2D eigenvalue weighted by Crippen LogP contribution is -2.47. The van der Waals surface area contributed by atoms with Crippen molar-refractivity contribution in [2.45, 2.75) is 65.5 Å². The van der Waals surface area contributed by atoms with Crippen LogP contribution in [0.25, 0.3) is 28.1 Å². The largest absolute Gasteiger partial charge is 0.444 e. The van der Waals surface area contributed by atoms with Crippen molar-refractivity contribution in [3.05, 3.63) is 72.3 Å². The van der Waals surface area contributed by atoms with Crippen molar-refractivity contribution in [3.8, 4) is 22.9 Å². The number of rotatable bonds is 10. The van der Waals surface area contributed by atoms with Gasteiger partial charge in [0, 0.05) is 42.3 Å². The molecule has 0 radical (unpaired) electrons. The van der Waals surface area contributed by atoms with E-state index in [0.29, 0.717) is 53.2 Å². The molecule has 1 amide bonds. The van der Waals surface area contributed by atoms with E-state index in [-0.39, 0.29) is 29.5 Å². The van der Waals surface area contributed by atoms with E-state index in [1.807, 2.05) is 33.8 Å². The number of benzene rings is 2. The molecule has 4 aromatic rings. The van der Waals surface area contributed by atoms with Gasteiger partial charge in [-0.05, 0) is 82.3 Å². The number of aromatic nitrogens is 3. The molecular weight excluding hydrogens is 635 g/mol. The minimum atomic E-state index is -3.76. The van der Waals surface area contributed by atoms with Crippen LogP contribution in [0.2, 0.25) is 0 Å². The quantitative estimate of drug-likeness (QED) is 0.175. The van der Waals surface area contributed by atoms with Crippen LogP contribution in [-0.2, 0) is 14.8 Å². The number of nitrogens with one attached hydrogen (secondary N) is 2. The number of carbonyl (C=O) groups excluding carboxylic acids is 1. The first kappa shape index (κ1) is 34.6. The lowest BCUT2D eigenvalue weighted by molar-refractivity contribution is 0.0206. The van der Waals surface area contributed by atoms with E-state index < -0.39 is 21.4 Å². The van der Waals surface area contributed by atoms with Gasteiger partial charge in [0.1, 0.15) is 17.2 Å². The summed E-state index contributed by atoms with van der Waals surface area (Å²) in [5.41, 5.74) is 1.82. The number of aryl methyl sites for hydroxylation is 1. The SMILES string of the molecule is C=Cc1cnc(Oc2c(C)ccc3c(NS(=O)(=O)CCC)c(F)ccc23)c(-c2ccnc(N[C@H]3CCCN(C(=O)OC(C)(C)C)C3)n2)c1. The third-order valence-electron chi connectivity index (χ3n) is 7.67. The number of hydrogen-bond donors (Lipinski definition) is 2. The molecule has 13 heteroatoms. The maximum absolute atomic E-state index is 15.0. The van der Waals surface area contributed by atoms with Crippen LogP contribution in [-0.4, -0.2) is 64.8 Å². The zero-order valence-electron chi connectivity index (χ0n) is 27.8. The molecule has 0 bridgehead atoms. The van der Waals surface area contributed by atoms with Crippen LogP contribution >= 0.6 is 0 Å². The van der Waals surface area contributed by atoms with E-state index in [1.54, 1.807) is 54.6 Å². The maximum Gasteiger partial charge on any atom is 0.410 e. The number of sulfonamides is 1. The van der Waals surface area contributed by atoms with Gasteiger partial charge in [-0.15, -0.1) is 0 Å². The number of hydrogen-bond acceptors (Lipinski definition) is 9. The Balaban J connectivity index is 1.47. The van der Waals surface area contributed by atoms with E-state index in [1.165, 1.54) is 6.07 Å². The number of amides is 1. The molecule has 0 aliphatic carbocycles. The average Bonchev–Trinajstić information content (AvgIpc) is 3.03. The fourth-order valence-corrected chi connectivity index (χ4v) is 6.62. The molecule has 254 valence electrons. The molecule has 0 unspecified atom stereocenters. The highest BCUT2D eigenvalue weighted by molar-refractivity contribution is 7.92. The van der Waals surface area contributed by atoms with Crippen molar-refractivity contribution in [3.63, 3.8) is 0 Å². The molecule has 1 atom stereocenters. The highest BCUT2D eigenvalue weighted by Crippen LogP contribution is 2.40. The van der Waals surface area contributed by atoms with Gasteiger partial charge in [0.2, 0.25) is 21.9 Å². The molecule has 48 heavy (non-hydrogen) atoms. The Bertz CT molecular complexity index is 1950. The Morgan fingerprint density at radius 2 is 1.94 bits per heavy atom. The zero-order chi connectivity index (χ0) is 34.6. The third-order valence-corrected chi connectivity index (χ3v) is 9.13. The predicted octanol–water partition coefficient (Wildman–Crippen LogP) is 7.54. The van der Waals surface area contributed by atoms with Crippen molar-refractivity contribution < 1.29 is 27.1 Å². The fourth-order valence-electron chi connectivity index (χ4n) is 5.46. The lowest BCUT2D eigenvalue weighted by Gasteiger charge is -2.34. The summed E-state index contributed by atoms with van der Waals surface area (Å²) < 4.78 is 54.6. The van der Waals surface area contributed by atoms with Crippen LogP contribution in [0.3, 0.4) is 0 Å². The fraction of sp³-hybridized carbons (Fsp3) is 0.371. The summed E-state index contributed by atoms with van der Waals surface area (Å²) in [6.07, 6.45) is 6.57. The highest BCUT2D eigenvalue weighted by atomic mass is 32.2. The van der Waals surface area contributed by atoms with E-state index in [9.17, 15) is 13.2 Å². The number of likely N-dealkylation sites (tertiary alicyclic amines) is 1. The second-order valence-corrected chi connectivity index (χ2v) is 14.6. The summed E-state index contributed by atoms with van der Waals surface area (Å²) in [5, 5.41) is 4.22. The number of anilines is 2. The smallest absolute Gasteiger partial charge is 0.410 e. The summed E-state index contributed by atoms with van der Waals surface area (Å²) in [4.78, 5) is 28.2. The molecule has 11 nitrogen and oxygen atoms in total. The van der Waals surface area contributed by atoms with Crippen LogP contribution in [0.1, 0.15) is 58.1 Å². The molecule has 1 fully saturated rings. The van der Waals surface area contributed by atoms with Gasteiger partial charge in [-0.2, -0.15) is 0 Å². The summed E-state index contributed by atoms with van der Waals surface area (Å²) in [6.45, 7) is 14.0.